The summed E-state index contributed by atoms with van der Waals surface area (Å²) < 4.78 is 0. The van der Waals surface area contributed by atoms with Gasteiger partial charge in [-0.05, 0) is 56.3 Å². The fraction of sp³-hybridized carbons (Fsp3) is 0.526. The molecule has 2 aromatic heterocycles. The summed E-state index contributed by atoms with van der Waals surface area (Å²) in [5, 5.41) is 7.00. The van der Waals surface area contributed by atoms with Crippen LogP contribution in [0.15, 0.2) is 18.3 Å². The molecule has 1 aliphatic carbocycles. The Morgan fingerprint density at radius 1 is 1.15 bits per heavy atom. The molecular formula is C19H27Cl2N5. The summed E-state index contributed by atoms with van der Waals surface area (Å²) in [6.45, 7) is 4.81. The minimum atomic E-state index is 0. The summed E-state index contributed by atoms with van der Waals surface area (Å²) in [6.07, 6.45) is 7.54. The molecular weight excluding hydrogens is 369 g/mol. The Morgan fingerprint density at radius 2 is 1.96 bits per heavy atom. The summed E-state index contributed by atoms with van der Waals surface area (Å²) in [5.41, 5.74) is 4.80. The van der Waals surface area contributed by atoms with Crippen LogP contribution in [0.2, 0.25) is 0 Å². The molecule has 4 rings (SSSR count). The van der Waals surface area contributed by atoms with Crippen LogP contribution in [-0.2, 0) is 25.8 Å². The molecule has 1 saturated carbocycles. The first-order valence-electron chi connectivity index (χ1n) is 9.03. The Balaban J connectivity index is 0.00000121. The highest BCUT2D eigenvalue weighted by Crippen LogP contribution is 2.32. The minimum Gasteiger partial charge on any atom is -0.364 e. The van der Waals surface area contributed by atoms with E-state index >= 15 is 0 Å². The molecule has 2 N–H and O–H groups in total. The molecule has 0 unspecified atom stereocenters. The molecule has 2 aromatic rings. The second kappa shape index (κ2) is 9.49. The molecule has 0 radical (unpaired) electrons. The van der Waals surface area contributed by atoms with E-state index in [4.69, 9.17) is 9.97 Å². The monoisotopic (exact) mass is 395 g/mol. The van der Waals surface area contributed by atoms with Crippen molar-refractivity contribution in [2.24, 2.45) is 5.92 Å². The lowest BCUT2D eigenvalue weighted by Crippen LogP contribution is -2.16. The number of aryl methyl sites for hydroxylation is 1. The number of nitrogens with zero attached hydrogens (tertiary/aromatic N) is 3. The predicted molar refractivity (Wildman–Crippen MR) is 110 cm³/mol. The molecule has 0 aromatic carbocycles. The quantitative estimate of drug-likeness (QED) is 0.812. The van der Waals surface area contributed by atoms with Crippen molar-refractivity contribution in [2.75, 3.05) is 18.4 Å². The van der Waals surface area contributed by atoms with Crippen LogP contribution in [-0.4, -0.2) is 28.0 Å². The number of hydrogen-bond donors (Lipinski definition) is 2. The van der Waals surface area contributed by atoms with Gasteiger partial charge in [0.05, 0.1) is 17.9 Å². The number of pyridine rings is 1. The van der Waals surface area contributed by atoms with Crippen LogP contribution in [0.25, 0.3) is 0 Å². The van der Waals surface area contributed by atoms with Crippen molar-refractivity contribution in [3.8, 4) is 0 Å². The van der Waals surface area contributed by atoms with Crippen LogP contribution in [0.3, 0.4) is 0 Å². The lowest BCUT2D eigenvalue weighted by Gasteiger charge is -2.15. The zero-order valence-electron chi connectivity index (χ0n) is 15.1. The summed E-state index contributed by atoms with van der Waals surface area (Å²) in [4.78, 5) is 14.2. The Kier molecular flexibility index (Phi) is 7.62. The molecule has 142 valence electrons. The van der Waals surface area contributed by atoms with Crippen LogP contribution in [0.4, 0.5) is 5.82 Å². The SMILES string of the molecule is Cc1ccnc(CNc2nc(CC3CC3)nc3c2CCNCC3)c1.Cl.Cl. The fourth-order valence-corrected chi connectivity index (χ4v) is 3.28. The first kappa shape index (κ1) is 20.9. The van der Waals surface area contributed by atoms with Crippen molar-refractivity contribution in [3.05, 3.63) is 46.7 Å². The molecule has 0 atom stereocenters. The van der Waals surface area contributed by atoms with E-state index in [2.05, 4.69) is 28.6 Å². The van der Waals surface area contributed by atoms with E-state index in [1.807, 2.05) is 12.3 Å². The zero-order valence-corrected chi connectivity index (χ0v) is 16.8. The van der Waals surface area contributed by atoms with E-state index in [9.17, 15) is 0 Å². The molecule has 0 spiro atoms. The maximum absolute atomic E-state index is 4.88. The topological polar surface area (TPSA) is 62.7 Å². The van der Waals surface area contributed by atoms with Gasteiger partial charge in [-0.15, -0.1) is 24.8 Å². The van der Waals surface area contributed by atoms with Gasteiger partial charge < -0.3 is 10.6 Å². The average molecular weight is 396 g/mol. The Hall–Kier alpha value is -1.43. The molecule has 1 aliphatic heterocycles. The molecule has 0 saturated heterocycles. The number of fused-ring (bicyclic) bond motifs is 1. The molecule has 0 bridgehead atoms. The standard InChI is InChI=1S/C19H25N5.2ClH/c1-13-4-9-21-15(10-13)12-22-19-16-5-7-20-8-6-17(16)23-18(24-19)11-14-2-3-14;;/h4,9-10,14,20H,2-3,5-8,11-12H2,1H3,(H,22,23,24);2*1H. The van der Waals surface area contributed by atoms with Gasteiger partial charge in [0.25, 0.3) is 0 Å². The van der Waals surface area contributed by atoms with Crippen molar-refractivity contribution >= 4 is 30.6 Å². The van der Waals surface area contributed by atoms with E-state index in [0.29, 0.717) is 6.54 Å². The number of halogens is 2. The second-order valence-corrected chi connectivity index (χ2v) is 6.99. The third kappa shape index (κ3) is 5.29. The number of nitrogens with one attached hydrogen (secondary N) is 2. The lowest BCUT2D eigenvalue weighted by molar-refractivity contribution is 0.706. The maximum Gasteiger partial charge on any atom is 0.133 e. The van der Waals surface area contributed by atoms with Crippen LogP contribution in [0.1, 0.15) is 41.2 Å². The smallest absolute Gasteiger partial charge is 0.133 e. The molecule has 5 nitrogen and oxygen atoms in total. The molecule has 1 fully saturated rings. The van der Waals surface area contributed by atoms with E-state index in [1.54, 1.807) is 0 Å². The van der Waals surface area contributed by atoms with Gasteiger partial charge in [-0.2, -0.15) is 0 Å². The normalized spacial score (nSPS) is 15.9. The van der Waals surface area contributed by atoms with Gasteiger partial charge in [0.1, 0.15) is 11.6 Å². The number of aromatic nitrogens is 3. The summed E-state index contributed by atoms with van der Waals surface area (Å²) in [5.74, 6) is 2.83. The van der Waals surface area contributed by atoms with Crippen molar-refractivity contribution in [1.29, 1.82) is 0 Å². The number of rotatable bonds is 5. The van der Waals surface area contributed by atoms with Gasteiger partial charge in [0.15, 0.2) is 0 Å². The fourth-order valence-electron chi connectivity index (χ4n) is 3.28. The highest BCUT2D eigenvalue weighted by molar-refractivity contribution is 5.85. The van der Waals surface area contributed by atoms with Crippen LogP contribution in [0, 0.1) is 12.8 Å². The largest absolute Gasteiger partial charge is 0.364 e. The van der Waals surface area contributed by atoms with Crippen molar-refractivity contribution < 1.29 is 0 Å². The maximum atomic E-state index is 4.88. The Bertz CT molecular complexity index is 734. The summed E-state index contributed by atoms with van der Waals surface area (Å²) in [6, 6.07) is 4.15. The van der Waals surface area contributed by atoms with E-state index in [-0.39, 0.29) is 24.8 Å². The average Bonchev–Trinajstić information content (AvgIpc) is 3.39. The second-order valence-electron chi connectivity index (χ2n) is 6.99. The summed E-state index contributed by atoms with van der Waals surface area (Å²) >= 11 is 0. The number of anilines is 1. The third-order valence-electron chi connectivity index (χ3n) is 4.81. The molecule has 2 aliphatic rings. The molecule has 0 amide bonds. The Labute approximate surface area is 167 Å². The van der Waals surface area contributed by atoms with Crippen molar-refractivity contribution in [2.45, 2.75) is 45.6 Å². The van der Waals surface area contributed by atoms with E-state index < -0.39 is 0 Å². The van der Waals surface area contributed by atoms with Crippen LogP contribution >= 0.6 is 24.8 Å². The zero-order chi connectivity index (χ0) is 16.4. The van der Waals surface area contributed by atoms with E-state index in [1.165, 1.54) is 29.7 Å². The van der Waals surface area contributed by atoms with Gasteiger partial charge in [-0.25, -0.2) is 9.97 Å². The van der Waals surface area contributed by atoms with Gasteiger partial charge in [0, 0.05) is 31.1 Å². The van der Waals surface area contributed by atoms with Crippen molar-refractivity contribution in [1.82, 2.24) is 20.3 Å². The molecule has 26 heavy (non-hydrogen) atoms. The lowest BCUT2D eigenvalue weighted by atomic mass is 10.1. The van der Waals surface area contributed by atoms with Gasteiger partial charge >= 0.3 is 0 Å². The number of hydrogen-bond acceptors (Lipinski definition) is 5. The van der Waals surface area contributed by atoms with Gasteiger partial charge in [-0.3, -0.25) is 4.98 Å². The highest BCUT2D eigenvalue weighted by atomic mass is 35.5. The molecule has 3 heterocycles. The van der Waals surface area contributed by atoms with Crippen LogP contribution < -0.4 is 10.6 Å². The van der Waals surface area contributed by atoms with Gasteiger partial charge in [0.2, 0.25) is 0 Å². The van der Waals surface area contributed by atoms with Crippen LogP contribution in [0.5, 0.6) is 0 Å². The minimum absolute atomic E-state index is 0. The predicted octanol–water partition coefficient (Wildman–Crippen LogP) is 3.28. The highest BCUT2D eigenvalue weighted by Gasteiger charge is 2.24. The van der Waals surface area contributed by atoms with Gasteiger partial charge in [-0.1, -0.05) is 0 Å². The summed E-state index contributed by atoms with van der Waals surface area (Å²) in [7, 11) is 0. The first-order chi connectivity index (χ1) is 11.8. The van der Waals surface area contributed by atoms with E-state index in [0.717, 1.165) is 55.6 Å². The first-order valence-corrected chi connectivity index (χ1v) is 9.03. The third-order valence-corrected chi connectivity index (χ3v) is 4.81. The Morgan fingerprint density at radius 3 is 2.73 bits per heavy atom. The van der Waals surface area contributed by atoms with Crippen molar-refractivity contribution in [3.63, 3.8) is 0 Å². The molecule has 7 heteroatoms.